The first-order valence-electron chi connectivity index (χ1n) is 12.4. The second kappa shape index (κ2) is 17.7. The maximum Gasteiger partial charge on any atom is 0.340 e. The third kappa shape index (κ3) is 15.9. The van der Waals surface area contributed by atoms with E-state index in [4.69, 9.17) is 9.47 Å². The van der Waals surface area contributed by atoms with Gasteiger partial charge >= 0.3 is 5.97 Å². The Morgan fingerprint density at radius 1 is 1.16 bits per heavy atom. The molecule has 10 nitrogen and oxygen atoms in total. The number of hydrogen-bond acceptors (Lipinski definition) is 8. The number of carbonyl (C=O) groups excluding carboxylic acids is 4. The number of cyclic esters (lactones) is 1. The molecule has 2 rings (SSSR count). The van der Waals surface area contributed by atoms with Crippen LogP contribution in [0.1, 0.15) is 60.8 Å². The molecule has 11 heteroatoms. The number of amides is 3. The summed E-state index contributed by atoms with van der Waals surface area (Å²) in [6.07, 6.45) is 5.58. The second-order valence-corrected chi connectivity index (χ2v) is 10.8. The van der Waals surface area contributed by atoms with Crippen molar-refractivity contribution in [2.45, 2.75) is 77.9 Å². The van der Waals surface area contributed by atoms with Crippen molar-refractivity contribution in [3.05, 3.63) is 25.3 Å². The van der Waals surface area contributed by atoms with Gasteiger partial charge in [0.15, 0.2) is 5.54 Å². The molecule has 0 radical (unpaired) electrons. The molecule has 0 spiro atoms. The lowest BCUT2D eigenvalue weighted by molar-refractivity contribution is -0.137. The fourth-order valence-electron chi connectivity index (χ4n) is 2.70. The summed E-state index contributed by atoms with van der Waals surface area (Å²) in [5, 5.41) is 8.15. The van der Waals surface area contributed by atoms with E-state index < -0.39 is 11.1 Å². The average Bonchev–Trinajstić information content (AvgIpc) is 3.47. The summed E-state index contributed by atoms with van der Waals surface area (Å²) in [6.45, 7) is 19.8. The number of aliphatic imine (C=N–C) groups is 1. The summed E-state index contributed by atoms with van der Waals surface area (Å²) >= 11 is 1.60. The standard InChI is InChI=1S/C15H27N3O3S.C7H9NO2.C4H8O/c1-6-12(19)18-15(4,5)14(21)16-8-10-22-9-7-13(20)17-11(2)3;1-4-5-8-7(2,3)6(9)10-5;1-2-4-5-3-1/h6,11H,1,7-10H2,2-5H3,(H,16,21)(H,17,20)(H,18,19);4H,1H2,2-3H3;1-4H2. The van der Waals surface area contributed by atoms with Crippen LogP contribution in [0.3, 0.4) is 0 Å². The monoisotopic (exact) mass is 540 g/mol. The number of ether oxygens (including phenoxy) is 2. The van der Waals surface area contributed by atoms with E-state index in [1.54, 1.807) is 39.5 Å². The van der Waals surface area contributed by atoms with Crippen LogP contribution in [0.4, 0.5) is 0 Å². The largest absolute Gasteiger partial charge is 0.406 e. The summed E-state index contributed by atoms with van der Waals surface area (Å²) in [7, 11) is 0. The van der Waals surface area contributed by atoms with Gasteiger partial charge in [0.1, 0.15) is 5.54 Å². The van der Waals surface area contributed by atoms with Crippen molar-refractivity contribution in [2.24, 2.45) is 4.99 Å². The van der Waals surface area contributed by atoms with Crippen LogP contribution in [0.15, 0.2) is 30.3 Å². The third-order valence-electron chi connectivity index (χ3n) is 4.73. The number of rotatable bonds is 11. The Morgan fingerprint density at radius 3 is 2.19 bits per heavy atom. The van der Waals surface area contributed by atoms with Gasteiger partial charge in [0.25, 0.3) is 0 Å². The van der Waals surface area contributed by atoms with E-state index in [1.165, 1.54) is 18.9 Å². The molecule has 0 aromatic heterocycles. The van der Waals surface area contributed by atoms with Crippen LogP contribution in [0.2, 0.25) is 0 Å². The first-order chi connectivity index (χ1) is 17.2. The van der Waals surface area contributed by atoms with Gasteiger partial charge < -0.3 is 25.4 Å². The van der Waals surface area contributed by atoms with Gasteiger partial charge in [-0.25, -0.2) is 9.79 Å². The molecule has 2 heterocycles. The summed E-state index contributed by atoms with van der Waals surface area (Å²) in [5.74, 6) is 0.834. The second-order valence-electron chi connectivity index (χ2n) is 9.58. The highest BCUT2D eigenvalue weighted by Crippen LogP contribution is 2.18. The van der Waals surface area contributed by atoms with Crippen LogP contribution >= 0.6 is 11.8 Å². The number of thioether (sulfide) groups is 1. The van der Waals surface area contributed by atoms with Crippen molar-refractivity contribution in [3.63, 3.8) is 0 Å². The molecule has 0 aromatic rings. The molecule has 0 unspecified atom stereocenters. The molecule has 3 N–H and O–H groups in total. The minimum atomic E-state index is -0.979. The van der Waals surface area contributed by atoms with Gasteiger partial charge in [0.2, 0.25) is 23.6 Å². The molecule has 0 atom stereocenters. The van der Waals surface area contributed by atoms with E-state index in [-0.39, 0.29) is 29.7 Å². The lowest BCUT2D eigenvalue weighted by Crippen LogP contribution is -2.54. The zero-order valence-electron chi connectivity index (χ0n) is 23.1. The van der Waals surface area contributed by atoms with Crippen LogP contribution in [0.25, 0.3) is 0 Å². The maximum absolute atomic E-state index is 11.9. The zero-order chi connectivity index (χ0) is 28.5. The van der Waals surface area contributed by atoms with Crippen molar-refractivity contribution in [2.75, 3.05) is 31.3 Å². The Hall–Kier alpha value is -2.66. The number of nitrogens with one attached hydrogen (secondary N) is 3. The molecule has 0 saturated carbocycles. The number of esters is 1. The molecule has 2 aliphatic heterocycles. The molecular formula is C26H44N4O6S. The first kappa shape index (κ1) is 34.3. The van der Waals surface area contributed by atoms with Gasteiger partial charge in [-0.05, 0) is 66.5 Å². The van der Waals surface area contributed by atoms with Crippen LogP contribution in [0, 0.1) is 0 Å². The first-order valence-corrected chi connectivity index (χ1v) is 13.5. The number of hydrogen-bond donors (Lipinski definition) is 3. The zero-order valence-corrected chi connectivity index (χ0v) is 23.9. The Morgan fingerprint density at radius 2 is 1.78 bits per heavy atom. The predicted octanol–water partition coefficient (Wildman–Crippen LogP) is 2.53. The lowest BCUT2D eigenvalue weighted by Gasteiger charge is -2.24. The Bertz CT molecular complexity index is 812. The fraction of sp³-hybridized carbons (Fsp3) is 0.654. The SMILES string of the molecule is C1CCOC1.C=CC(=O)NC(C)(C)C(=O)NCCSCCC(=O)NC(C)C.C=CC1=NC(C)(C)C(=O)O1. The molecule has 3 amide bonds. The topological polar surface area (TPSA) is 135 Å². The van der Waals surface area contributed by atoms with Crippen LogP contribution in [-0.4, -0.2) is 78.0 Å². The Balaban J connectivity index is 0.000000694. The quantitative estimate of drug-likeness (QED) is 0.208. The molecule has 0 aliphatic carbocycles. The van der Waals surface area contributed by atoms with E-state index in [2.05, 4.69) is 34.1 Å². The van der Waals surface area contributed by atoms with E-state index in [9.17, 15) is 19.2 Å². The van der Waals surface area contributed by atoms with Crippen LogP contribution in [0.5, 0.6) is 0 Å². The van der Waals surface area contributed by atoms with Crippen molar-refractivity contribution in [1.82, 2.24) is 16.0 Å². The highest BCUT2D eigenvalue weighted by Gasteiger charge is 2.35. The van der Waals surface area contributed by atoms with Crippen LogP contribution < -0.4 is 16.0 Å². The summed E-state index contributed by atoms with van der Waals surface area (Å²) < 4.78 is 9.66. The summed E-state index contributed by atoms with van der Waals surface area (Å²) in [5.41, 5.74) is -1.70. The smallest absolute Gasteiger partial charge is 0.340 e. The minimum absolute atomic E-state index is 0.0415. The average molecular weight is 541 g/mol. The molecule has 0 bridgehead atoms. The van der Waals surface area contributed by atoms with Crippen molar-refractivity contribution in [1.29, 1.82) is 0 Å². The summed E-state index contributed by atoms with van der Waals surface area (Å²) in [4.78, 5) is 49.4. The maximum atomic E-state index is 11.9. The van der Waals surface area contributed by atoms with Crippen molar-refractivity contribution in [3.8, 4) is 0 Å². The highest BCUT2D eigenvalue weighted by molar-refractivity contribution is 7.99. The van der Waals surface area contributed by atoms with Gasteiger partial charge in [-0.2, -0.15) is 11.8 Å². The minimum Gasteiger partial charge on any atom is -0.406 e. The normalized spacial score (nSPS) is 15.6. The Kier molecular flexibility index (Phi) is 16.5. The molecule has 2 aliphatic rings. The number of carbonyl (C=O) groups is 4. The molecule has 37 heavy (non-hydrogen) atoms. The Labute approximate surface area is 225 Å². The number of nitrogens with zero attached hydrogens (tertiary/aromatic N) is 1. The van der Waals surface area contributed by atoms with Crippen molar-refractivity contribution >= 4 is 41.4 Å². The van der Waals surface area contributed by atoms with E-state index in [0.717, 1.165) is 19.3 Å². The van der Waals surface area contributed by atoms with E-state index in [0.29, 0.717) is 30.4 Å². The van der Waals surface area contributed by atoms with Gasteiger partial charge in [0, 0.05) is 43.7 Å². The molecule has 1 saturated heterocycles. The molecular weight excluding hydrogens is 496 g/mol. The van der Waals surface area contributed by atoms with Gasteiger partial charge in [-0.3, -0.25) is 14.4 Å². The van der Waals surface area contributed by atoms with Gasteiger partial charge in [-0.15, -0.1) is 0 Å². The van der Waals surface area contributed by atoms with Crippen LogP contribution in [-0.2, 0) is 28.7 Å². The molecule has 210 valence electrons. The lowest BCUT2D eigenvalue weighted by atomic mass is 10.0. The van der Waals surface area contributed by atoms with E-state index in [1.807, 2.05) is 13.8 Å². The predicted molar refractivity (Wildman–Crippen MR) is 149 cm³/mol. The summed E-state index contributed by atoms with van der Waals surface area (Å²) in [6, 6.07) is 0.157. The van der Waals surface area contributed by atoms with Gasteiger partial charge in [0.05, 0.1) is 0 Å². The third-order valence-corrected chi connectivity index (χ3v) is 5.72. The molecule has 0 aromatic carbocycles. The highest BCUT2D eigenvalue weighted by atomic mass is 32.2. The van der Waals surface area contributed by atoms with Gasteiger partial charge in [-0.1, -0.05) is 13.2 Å². The van der Waals surface area contributed by atoms with E-state index >= 15 is 0 Å². The fourth-order valence-corrected chi connectivity index (χ4v) is 3.48. The van der Waals surface area contributed by atoms with Crippen molar-refractivity contribution < 1.29 is 28.7 Å². The molecule has 1 fully saturated rings.